The van der Waals surface area contributed by atoms with Crippen molar-refractivity contribution in [3.63, 3.8) is 0 Å². The Hall–Kier alpha value is -2.28. The van der Waals surface area contributed by atoms with Gasteiger partial charge in [0.25, 0.3) is 0 Å². The molecule has 6 nitrogen and oxygen atoms in total. The molecular formula is C15H11Cl3N6. The molecule has 0 saturated heterocycles. The summed E-state index contributed by atoms with van der Waals surface area (Å²) < 4.78 is 1.48. The van der Waals surface area contributed by atoms with Crippen molar-refractivity contribution < 1.29 is 0 Å². The normalized spacial score (nSPS) is 11.3. The monoisotopic (exact) mass is 380 g/mol. The van der Waals surface area contributed by atoms with Crippen molar-refractivity contribution in [1.29, 1.82) is 0 Å². The third-order valence-electron chi connectivity index (χ3n) is 3.15. The number of rotatable bonds is 3. The van der Waals surface area contributed by atoms with Gasteiger partial charge in [0.15, 0.2) is 17.3 Å². The van der Waals surface area contributed by atoms with E-state index in [0.717, 1.165) is 5.69 Å². The highest BCUT2D eigenvalue weighted by Crippen LogP contribution is 2.38. The van der Waals surface area contributed by atoms with Crippen LogP contribution >= 0.6 is 34.8 Å². The fraction of sp³-hybridized carbons (Fsp3) is 0. The van der Waals surface area contributed by atoms with Gasteiger partial charge in [-0.15, -0.1) is 15.3 Å². The van der Waals surface area contributed by atoms with Crippen LogP contribution in [0.2, 0.25) is 15.1 Å². The van der Waals surface area contributed by atoms with Crippen molar-refractivity contribution in [2.24, 2.45) is 10.2 Å². The van der Waals surface area contributed by atoms with E-state index in [1.807, 2.05) is 30.3 Å². The molecule has 122 valence electrons. The van der Waals surface area contributed by atoms with E-state index in [0.29, 0.717) is 5.02 Å². The minimum atomic E-state index is 0.140. The average Bonchev–Trinajstić information content (AvgIpc) is 2.82. The molecule has 0 aliphatic rings. The summed E-state index contributed by atoms with van der Waals surface area (Å²) in [5.41, 5.74) is 13.2. The minimum Gasteiger partial charge on any atom is -0.382 e. The highest BCUT2D eigenvalue weighted by atomic mass is 35.5. The highest BCUT2D eigenvalue weighted by molar-refractivity contribution is 6.41. The van der Waals surface area contributed by atoms with Crippen molar-refractivity contribution in [2.45, 2.75) is 0 Å². The summed E-state index contributed by atoms with van der Waals surface area (Å²) in [5.74, 6) is 0.393. The number of benzene rings is 2. The largest absolute Gasteiger partial charge is 0.382 e. The number of hydrogen-bond acceptors (Lipinski definition) is 5. The lowest BCUT2D eigenvalue weighted by Gasteiger charge is -2.03. The molecule has 1 aromatic heterocycles. The van der Waals surface area contributed by atoms with Gasteiger partial charge in [-0.3, -0.25) is 0 Å². The molecule has 3 aromatic rings. The predicted molar refractivity (Wildman–Crippen MR) is 98.0 cm³/mol. The first kappa shape index (κ1) is 16.6. The molecular weight excluding hydrogens is 371 g/mol. The Morgan fingerprint density at radius 2 is 1.46 bits per heavy atom. The van der Waals surface area contributed by atoms with E-state index in [-0.39, 0.29) is 33.1 Å². The maximum atomic E-state index is 6.08. The quantitative estimate of drug-likeness (QED) is 0.594. The van der Waals surface area contributed by atoms with Crippen molar-refractivity contribution in [3.05, 3.63) is 57.5 Å². The molecule has 1 heterocycles. The Morgan fingerprint density at radius 3 is 2.08 bits per heavy atom. The molecule has 0 radical (unpaired) electrons. The van der Waals surface area contributed by atoms with Gasteiger partial charge in [-0.05, 0) is 24.3 Å². The zero-order valence-corrected chi connectivity index (χ0v) is 14.4. The summed E-state index contributed by atoms with van der Waals surface area (Å²) in [6.07, 6.45) is 0. The Kier molecular flexibility index (Phi) is 4.62. The van der Waals surface area contributed by atoms with Crippen LogP contribution in [-0.2, 0) is 0 Å². The second-order valence-corrected chi connectivity index (χ2v) is 6.04. The number of halogens is 3. The van der Waals surface area contributed by atoms with Crippen LogP contribution < -0.4 is 11.5 Å². The Labute approximate surface area is 152 Å². The SMILES string of the molecule is Nc1nn(-c2ccccc2)c(N)c1N=Nc1c(Cl)cc(Cl)cc1Cl. The van der Waals surface area contributed by atoms with Crippen LogP contribution in [0.15, 0.2) is 52.7 Å². The molecule has 0 spiro atoms. The molecule has 2 aromatic carbocycles. The van der Waals surface area contributed by atoms with Gasteiger partial charge in [0.2, 0.25) is 0 Å². The fourth-order valence-corrected chi connectivity index (χ4v) is 2.93. The number of hydrogen-bond donors (Lipinski definition) is 2. The Balaban J connectivity index is 2.02. The third kappa shape index (κ3) is 3.17. The van der Waals surface area contributed by atoms with Gasteiger partial charge in [0.05, 0.1) is 15.7 Å². The number of anilines is 2. The van der Waals surface area contributed by atoms with Gasteiger partial charge in [0.1, 0.15) is 5.69 Å². The molecule has 4 N–H and O–H groups in total. The minimum absolute atomic E-state index is 0.140. The first-order valence-corrected chi connectivity index (χ1v) is 7.86. The lowest BCUT2D eigenvalue weighted by atomic mass is 10.3. The van der Waals surface area contributed by atoms with Crippen LogP contribution in [0.5, 0.6) is 0 Å². The molecule has 0 atom stereocenters. The van der Waals surface area contributed by atoms with Crippen LogP contribution in [0.1, 0.15) is 0 Å². The fourth-order valence-electron chi connectivity index (χ4n) is 2.04. The van der Waals surface area contributed by atoms with Crippen LogP contribution in [-0.4, -0.2) is 9.78 Å². The molecule has 0 unspecified atom stereocenters. The van der Waals surface area contributed by atoms with Gasteiger partial charge in [-0.2, -0.15) is 0 Å². The number of nitrogens with two attached hydrogens (primary N) is 2. The Morgan fingerprint density at radius 1 is 0.875 bits per heavy atom. The molecule has 0 aliphatic heterocycles. The topological polar surface area (TPSA) is 94.6 Å². The molecule has 0 saturated carbocycles. The van der Waals surface area contributed by atoms with Gasteiger partial charge >= 0.3 is 0 Å². The summed E-state index contributed by atoms with van der Waals surface area (Å²) in [7, 11) is 0. The van der Waals surface area contributed by atoms with E-state index in [4.69, 9.17) is 46.3 Å². The van der Waals surface area contributed by atoms with Crippen LogP contribution in [0.4, 0.5) is 23.0 Å². The zero-order valence-electron chi connectivity index (χ0n) is 12.1. The molecule has 24 heavy (non-hydrogen) atoms. The lowest BCUT2D eigenvalue weighted by molar-refractivity contribution is 0.897. The number of azo groups is 1. The van der Waals surface area contributed by atoms with Crippen LogP contribution in [0, 0.1) is 0 Å². The van der Waals surface area contributed by atoms with Crippen LogP contribution in [0.25, 0.3) is 5.69 Å². The van der Waals surface area contributed by atoms with Crippen molar-refractivity contribution in [3.8, 4) is 5.69 Å². The zero-order chi connectivity index (χ0) is 17.3. The average molecular weight is 382 g/mol. The number of aromatic nitrogens is 2. The van der Waals surface area contributed by atoms with Gasteiger partial charge in [0, 0.05) is 5.02 Å². The van der Waals surface area contributed by atoms with Crippen molar-refractivity contribution in [2.75, 3.05) is 11.5 Å². The maximum Gasteiger partial charge on any atom is 0.176 e. The molecule has 0 bridgehead atoms. The molecule has 9 heteroatoms. The number of para-hydroxylation sites is 1. The summed E-state index contributed by atoms with van der Waals surface area (Å²) >= 11 is 18.0. The first-order chi connectivity index (χ1) is 11.5. The smallest absolute Gasteiger partial charge is 0.176 e. The molecule has 3 rings (SSSR count). The maximum absolute atomic E-state index is 6.08. The van der Waals surface area contributed by atoms with Crippen molar-refractivity contribution >= 4 is 57.8 Å². The van der Waals surface area contributed by atoms with Gasteiger partial charge < -0.3 is 11.5 Å². The lowest BCUT2D eigenvalue weighted by Crippen LogP contribution is -2.01. The van der Waals surface area contributed by atoms with Crippen LogP contribution in [0.3, 0.4) is 0 Å². The first-order valence-electron chi connectivity index (χ1n) is 6.73. The highest BCUT2D eigenvalue weighted by Gasteiger charge is 2.15. The van der Waals surface area contributed by atoms with E-state index in [2.05, 4.69) is 15.3 Å². The van der Waals surface area contributed by atoms with Gasteiger partial charge in [-0.25, -0.2) is 4.68 Å². The van der Waals surface area contributed by atoms with E-state index in [1.54, 1.807) is 0 Å². The molecule has 0 aliphatic carbocycles. The molecule has 0 fully saturated rings. The second kappa shape index (κ2) is 6.68. The Bertz CT molecular complexity index is 897. The second-order valence-electron chi connectivity index (χ2n) is 4.78. The van der Waals surface area contributed by atoms with E-state index in [1.165, 1.54) is 16.8 Å². The summed E-state index contributed by atoms with van der Waals surface area (Å²) in [6, 6.07) is 12.3. The predicted octanol–water partition coefficient (Wildman–Crippen LogP) is 5.41. The van der Waals surface area contributed by atoms with E-state index in [9.17, 15) is 0 Å². The summed E-state index contributed by atoms with van der Waals surface area (Å²) in [4.78, 5) is 0. The van der Waals surface area contributed by atoms with Gasteiger partial charge in [-0.1, -0.05) is 53.0 Å². The van der Waals surface area contributed by atoms with E-state index < -0.39 is 0 Å². The molecule has 0 amide bonds. The van der Waals surface area contributed by atoms with E-state index >= 15 is 0 Å². The number of nitrogens with zero attached hydrogens (tertiary/aromatic N) is 4. The number of nitrogen functional groups attached to an aromatic ring is 2. The third-order valence-corrected chi connectivity index (χ3v) is 3.95. The standard InChI is InChI=1S/C15H11Cl3N6/c16-8-6-10(17)12(11(18)7-8)21-22-13-14(19)23-24(15(13)20)9-4-2-1-3-5-9/h1-7H,20H2,(H2,19,23). The summed E-state index contributed by atoms with van der Waals surface area (Å²) in [6.45, 7) is 0. The van der Waals surface area contributed by atoms with Crippen molar-refractivity contribution in [1.82, 2.24) is 9.78 Å². The summed E-state index contributed by atoms with van der Waals surface area (Å²) in [5, 5.41) is 13.2.